The Labute approximate surface area is 193 Å². The minimum absolute atomic E-state index is 0.310. The highest BCUT2D eigenvalue weighted by molar-refractivity contribution is 6.36. The Morgan fingerprint density at radius 2 is 1.48 bits per heavy atom. The minimum atomic E-state index is -0.999. The van der Waals surface area contributed by atoms with Crippen molar-refractivity contribution < 1.29 is 14.4 Å². The third-order valence-corrected chi connectivity index (χ3v) is 6.38. The molecule has 5 rings (SSSR count). The van der Waals surface area contributed by atoms with Gasteiger partial charge in [-0.1, -0.05) is 71.2 Å². The number of para-hydroxylation sites is 2. The first-order valence-corrected chi connectivity index (χ1v) is 10.7. The fourth-order valence-corrected chi connectivity index (χ4v) is 4.88. The second kappa shape index (κ2) is 7.84. The summed E-state index contributed by atoms with van der Waals surface area (Å²) in [5.74, 6) is -1.66. The van der Waals surface area contributed by atoms with Gasteiger partial charge < -0.3 is 0 Å². The summed E-state index contributed by atoms with van der Waals surface area (Å²) in [6.45, 7) is 0. The molecule has 2 fully saturated rings. The lowest BCUT2D eigenvalue weighted by atomic mass is 9.90. The van der Waals surface area contributed by atoms with Crippen LogP contribution in [-0.4, -0.2) is 17.9 Å². The van der Waals surface area contributed by atoms with Crippen molar-refractivity contribution in [2.45, 2.75) is 12.1 Å². The molecule has 0 aromatic heterocycles. The summed E-state index contributed by atoms with van der Waals surface area (Å²) in [7, 11) is 0. The molecule has 31 heavy (non-hydrogen) atoms. The van der Waals surface area contributed by atoms with Gasteiger partial charge in [-0.05, 0) is 42.0 Å². The Balaban J connectivity index is 1.63. The lowest BCUT2D eigenvalue weighted by Crippen LogP contribution is -2.37. The van der Waals surface area contributed by atoms with Crippen LogP contribution in [0.2, 0.25) is 15.1 Å². The molecule has 2 saturated heterocycles. The topological polar surface area (TPSA) is 49.9 Å². The molecule has 0 bridgehead atoms. The summed E-state index contributed by atoms with van der Waals surface area (Å²) in [5, 5.41) is 2.76. The molecule has 0 N–H and O–H groups in total. The van der Waals surface area contributed by atoms with Crippen LogP contribution in [-0.2, 0) is 14.4 Å². The van der Waals surface area contributed by atoms with E-state index in [0.29, 0.717) is 32.0 Å². The number of anilines is 2. The monoisotopic (exact) mass is 472 g/mol. The Kier molecular flexibility index (Phi) is 5.15. The fourth-order valence-electron chi connectivity index (χ4n) is 4.14. The van der Waals surface area contributed by atoms with Crippen molar-refractivity contribution in [3.63, 3.8) is 0 Å². The van der Waals surface area contributed by atoms with Crippen LogP contribution in [0.3, 0.4) is 0 Å². The molecule has 2 heterocycles. The highest BCUT2D eigenvalue weighted by atomic mass is 35.5. The van der Waals surface area contributed by atoms with Gasteiger partial charge in [-0.2, -0.15) is 0 Å². The van der Waals surface area contributed by atoms with E-state index >= 15 is 0 Å². The number of carbonyl (C=O) groups excluding carboxylic acids is 2. The van der Waals surface area contributed by atoms with Crippen molar-refractivity contribution in [2.24, 2.45) is 5.92 Å². The van der Waals surface area contributed by atoms with E-state index in [0.717, 1.165) is 4.90 Å². The lowest BCUT2D eigenvalue weighted by Gasteiger charge is -2.29. The van der Waals surface area contributed by atoms with Gasteiger partial charge in [-0.25, -0.2) is 9.96 Å². The molecule has 2 aliphatic heterocycles. The number of benzene rings is 3. The quantitative estimate of drug-likeness (QED) is 0.458. The van der Waals surface area contributed by atoms with Gasteiger partial charge in [-0.3, -0.25) is 14.4 Å². The Hall–Kier alpha value is -2.57. The Bertz CT molecular complexity index is 1190. The molecule has 0 saturated carbocycles. The maximum atomic E-state index is 13.6. The van der Waals surface area contributed by atoms with Crippen molar-refractivity contribution in [1.29, 1.82) is 0 Å². The van der Waals surface area contributed by atoms with E-state index in [1.165, 1.54) is 0 Å². The molecular formula is C23H15Cl3N2O3. The van der Waals surface area contributed by atoms with Crippen molar-refractivity contribution in [2.75, 3.05) is 9.96 Å². The van der Waals surface area contributed by atoms with Crippen molar-refractivity contribution in [1.82, 2.24) is 0 Å². The van der Waals surface area contributed by atoms with Crippen molar-refractivity contribution in [3.8, 4) is 0 Å². The number of fused-ring (bicyclic) bond motifs is 1. The smallest absolute Gasteiger partial charge is 0.266 e. The van der Waals surface area contributed by atoms with Gasteiger partial charge in [0, 0.05) is 10.0 Å². The average molecular weight is 474 g/mol. The van der Waals surface area contributed by atoms with Gasteiger partial charge in [0.1, 0.15) is 5.92 Å². The third kappa shape index (κ3) is 3.29. The molecule has 0 unspecified atom stereocenters. The molecule has 3 atom stereocenters. The molecule has 3 aromatic carbocycles. The maximum Gasteiger partial charge on any atom is 0.266 e. The third-order valence-electron chi connectivity index (χ3n) is 5.50. The van der Waals surface area contributed by atoms with E-state index < -0.39 is 29.9 Å². The fraction of sp³-hybridized carbons (Fsp3) is 0.130. The summed E-state index contributed by atoms with van der Waals surface area (Å²) in [4.78, 5) is 34.0. The predicted molar refractivity (Wildman–Crippen MR) is 120 cm³/mol. The van der Waals surface area contributed by atoms with E-state index in [1.807, 2.05) is 30.3 Å². The average Bonchev–Trinajstić information content (AvgIpc) is 3.26. The van der Waals surface area contributed by atoms with Gasteiger partial charge in [0.2, 0.25) is 5.91 Å². The second-order valence-electron chi connectivity index (χ2n) is 7.29. The summed E-state index contributed by atoms with van der Waals surface area (Å²) < 4.78 is 0. The van der Waals surface area contributed by atoms with E-state index in [2.05, 4.69) is 0 Å². The van der Waals surface area contributed by atoms with Crippen molar-refractivity contribution in [3.05, 3.63) is 93.4 Å². The lowest BCUT2D eigenvalue weighted by molar-refractivity contribution is -0.126. The largest absolute Gasteiger partial charge is 0.273 e. The van der Waals surface area contributed by atoms with E-state index in [4.69, 9.17) is 39.6 Å². The van der Waals surface area contributed by atoms with Crippen LogP contribution >= 0.6 is 34.8 Å². The van der Waals surface area contributed by atoms with Crippen LogP contribution in [0.1, 0.15) is 11.6 Å². The molecular weight excluding hydrogens is 459 g/mol. The molecule has 0 spiro atoms. The number of nitrogens with zero attached hydrogens (tertiary/aromatic N) is 2. The number of halogens is 3. The summed E-state index contributed by atoms with van der Waals surface area (Å²) in [6.07, 6.45) is -0.999. The molecule has 2 amide bonds. The zero-order chi connectivity index (χ0) is 21.7. The minimum Gasteiger partial charge on any atom is -0.273 e. The van der Waals surface area contributed by atoms with E-state index in [9.17, 15) is 9.59 Å². The van der Waals surface area contributed by atoms with Crippen LogP contribution in [0.15, 0.2) is 72.8 Å². The van der Waals surface area contributed by atoms with E-state index in [1.54, 1.807) is 47.5 Å². The first-order valence-electron chi connectivity index (χ1n) is 9.55. The Morgan fingerprint density at radius 1 is 0.774 bits per heavy atom. The molecule has 2 aliphatic rings. The number of hydrogen-bond acceptors (Lipinski definition) is 4. The number of carbonyl (C=O) groups is 2. The maximum absolute atomic E-state index is 13.6. The highest BCUT2D eigenvalue weighted by Gasteiger charge is 2.60. The van der Waals surface area contributed by atoms with Gasteiger partial charge in [0.25, 0.3) is 5.91 Å². The Morgan fingerprint density at radius 3 is 2.19 bits per heavy atom. The number of rotatable bonds is 3. The summed E-state index contributed by atoms with van der Waals surface area (Å²) in [5.41, 5.74) is 1.69. The van der Waals surface area contributed by atoms with Crippen LogP contribution in [0.5, 0.6) is 0 Å². The van der Waals surface area contributed by atoms with Gasteiger partial charge in [0.15, 0.2) is 6.10 Å². The molecule has 8 heteroatoms. The molecule has 0 aliphatic carbocycles. The molecule has 3 aromatic rings. The van der Waals surface area contributed by atoms with Crippen LogP contribution in [0.25, 0.3) is 0 Å². The van der Waals surface area contributed by atoms with Crippen LogP contribution in [0, 0.1) is 5.92 Å². The molecule has 0 radical (unpaired) electrons. The number of hydroxylamine groups is 1. The summed E-state index contributed by atoms with van der Waals surface area (Å²) in [6, 6.07) is 20.5. The van der Waals surface area contributed by atoms with Gasteiger partial charge in [0.05, 0.1) is 22.4 Å². The van der Waals surface area contributed by atoms with Gasteiger partial charge in [-0.15, -0.1) is 0 Å². The predicted octanol–water partition coefficient (Wildman–Crippen LogP) is 5.70. The first-order chi connectivity index (χ1) is 15.0. The highest BCUT2D eigenvalue weighted by Crippen LogP contribution is 2.49. The normalized spacial score (nSPS) is 22.9. The first kappa shape index (κ1) is 20.3. The van der Waals surface area contributed by atoms with Gasteiger partial charge >= 0.3 is 0 Å². The van der Waals surface area contributed by atoms with Crippen LogP contribution < -0.4 is 9.96 Å². The van der Waals surface area contributed by atoms with Crippen LogP contribution in [0.4, 0.5) is 11.4 Å². The van der Waals surface area contributed by atoms with Crippen molar-refractivity contribution >= 4 is 58.0 Å². The standard InChI is InChI=1S/C23H15Cl3N2O3/c24-13-10-11-15(17(26)12-13)20-19-21(31-28(20)14-6-2-1-3-7-14)23(30)27(22(19)29)18-9-5-4-8-16(18)25/h1-12,19-21H/t19-,20-,21-/m1/s1. The number of amides is 2. The molecule has 5 nitrogen and oxygen atoms in total. The molecule has 156 valence electrons. The van der Waals surface area contributed by atoms with E-state index in [-0.39, 0.29) is 0 Å². The zero-order valence-corrected chi connectivity index (χ0v) is 18.2. The zero-order valence-electron chi connectivity index (χ0n) is 15.9. The summed E-state index contributed by atoms with van der Waals surface area (Å²) >= 11 is 18.9. The number of hydrogen-bond donors (Lipinski definition) is 0. The second-order valence-corrected chi connectivity index (χ2v) is 8.54. The SMILES string of the molecule is O=C1[C@@H]2[C@@H](c3ccc(Cl)cc3Cl)N(c3ccccc3)O[C@H]2C(=O)N1c1ccccc1Cl. The number of imide groups is 1.